The van der Waals surface area contributed by atoms with Gasteiger partial charge in [-0.05, 0) is 24.8 Å². The first kappa shape index (κ1) is 14.1. The maximum atomic E-state index is 12.6. The smallest absolute Gasteiger partial charge is 0.240 e. The van der Waals surface area contributed by atoms with Gasteiger partial charge in [-0.25, -0.2) is 0 Å². The molecule has 21 heavy (non-hydrogen) atoms. The fourth-order valence-corrected chi connectivity index (χ4v) is 3.39. The number of hydrogen-bond donors (Lipinski definition) is 2. The number of nitrogens with two attached hydrogens (primary N) is 1. The molecule has 3 rings (SSSR count). The van der Waals surface area contributed by atoms with Crippen molar-refractivity contribution in [3.63, 3.8) is 0 Å². The van der Waals surface area contributed by atoms with Crippen LogP contribution in [-0.2, 0) is 16.0 Å². The predicted octanol–water partition coefficient (Wildman–Crippen LogP) is 0.293. The topological polar surface area (TPSA) is 75.4 Å². The van der Waals surface area contributed by atoms with E-state index < -0.39 is 6.04 Å². The van der Waals surface area contributed by atoms with Crippen LogP contribution in [0.15, 0.2) is 30.3 Å². The molecular weight excluding hydrogens is 266 g/mol. The van der Waals surface area contributed by atoms with Crippen molar-refractivity contribution in [2.24, 2.45) is 11.7 Å². The van der Waals surface area contributed by atoms with E-state index in [1.807, 2.05) is 35.2 Å². The van der Waals surface area contributed by atoms with Gasteiger partial charge in [0.05, 0.1) is 18.0 Å². The summed E-state index contributed by atoms with van der Waals surface area (Å²) >= 11 is 0. The molecule has 0 radical (unpaired) electrons. The predicted molar refractivity (Wildman–Crippen MR) is 79.4 cm³/mol. The van der Waals surface area contributed by atoms with E-state index in [1.165, 1.54) is 0 Å². The summed E-state index contributed by atoms with van der Waals surface area (Å²) in [4.78, 5) is 26.2. The molecule has 2 amide bonds. The van der Waals surface area contributed by atoms with E-state index in [9.17, 15) is 9.59 Å². The zero-order chi connectivity index (χ0) is 14.8. The first-order valence-corrected chi connectivity index (χ1v) is 7.54. The summed E-state index contributed by atoms with van der Waals surface area (Å²) in [6.45, 7) is 1.27. The SMILES string of the molecule is N[C@H](Cc1ccccc1)C(=O)N1CCCC2C(=O)NCC21. The Bertz CT molecular complexity index is 532. The molecule has 0 bridgehead atoms. The molecule has 5 heteroatoms. The maximum absolute atomic E-state index is 12.6. The van der Waals surface area contributed by atoms with Crippen LogP contribution in [0.4, 0.5) is 0 Å². The van der Waals surface area contributed by atoms with Gasteiger partial charge < -0.3 is 16.0 Å². The lowest BCUT2D eigenvalue weighted by molar-refractivity contribution is -0.138. The molecule has 1 aromatic carbocycles. The molecule has 2 aliphatic heterocycles. The third-order valence-corrected chi connectivity index (χ3v) is 4.50. The number of amides is 2. The fourth-order valence-electron chi connectivity index (χ4n) is 3.39. The van der Waals surface area contributed by atoms with Crippen molar-refractivity contribution >= 4 is 11.8 Å². The molecule has 2 heterocycles. The molecule has 2 fully saturated rings. The summed E-state index contributed by atoms with van der Waals surface area (Å²) in [7, 11) is 0. The minimum atomic E-state index is -0.540. The Labute approximate surface area is 124 Å². The molecule has 3 N–H and O–H groups in total. The highest BCUT2D eigenvalue weighted by Gasteiger charge is 2.43. The molecule has 0 aliphatic carbocycles. The number of nitrogens with one attached hydrogen (secondary N) is 1. The van der Waals surface area contributed by atoms with Crippen molar-refractivity contribution in [1.82, 2.24) is 10.2 Å². The summed E-state index contributed by atoms with van der Waals surface area (Å²) in [5.41, 5.74) is 7.16. The number of hydrogen-bond acceptors (Lipinski definition) is 3. The summed E-state index contributed by atoms with van der Waals surface area (Å²) in [6, 6.07) is 9.25. The van der Waals surface area contributed by atoms with Gasteiger partial charge in [-0.1, -0.05) is 30.3 Å². The molecule has 2 aliphatic rings. The zero-order valence-corrected chi connectivity index (χ0v) is 12.0. The van der Waals surface area contributed by atoms with Crippen molar-refractivity contribution in [1.29, 1.82) is 0 Å². The van der Waals surface area contributed by atoms with Gasteiger partial charge in [-0.3, -0.25) is 9.59 Å². The molecule has 1 aromatic rings. The monoisotopic (exact) mass is 287 g/mol. The van der Waals surface area contributed by atoms with Gasteiger partial charge in [0.2, 0.25) is 11.8 Å². The van der Waals surface area contributed by atoms with Gasteiger partial charge in [-0.2, -0.15) is 0 Å². The number of rotatable bonds is 3. The van der Waals surface area contributed by atoms with Gasteiger partial charge in [0.25, 0.3) is 0 Å². The van der Waals surface area contributed by atoms with Crippen molar-refractivity contribution in [2.45, 2.75) is 31.3 Å². The maximum Gasteiger partial charge on any atom is 0.240 e. The molecule has 2 unspecified atom stereocenters. The normalized spacial score (nSPS) is 26.1. The molecule has 0 aromatic heterocycles. The molecule has 0 spiro atoms. The molecule has 5 nitrogen and oxygen atoms in total. The van der Waals surface area contributed by atoms with Crippen LogP contribution in [0.1, 0.15) is 18.4 Å². The lowest BCUT2D eigenvalue weighted by Crippen LogP contribution is -2.54. The van der Waals surface area contributed by atoms with E-state index in [2.05, 4.69) is 5.32 Å². The zero-order valence-electron chi connectivity index (χ0n) is 12.0. The van der Waals surface area contributed by atoms with Crippen LogP contribution in [0.25, 0.3) is 0 Å². The van der Waals surface area contributed by atoms with Crippen LogP contribution >= 0.6 is 0 Å². The lowest BCUT2D eigenvalue weighted by Gasteiger charge is -2.37. The number of carbonyl (C=O) groups excluding carboxylic acids is 2. The highest BCUT2D eigenvalue weighted by atomic mass is 16.2. The van der Waals surface area contributed by atoms with Gasteiger partial charge in [0.15, 0.2) is 0 Å². The molecule has 2 saturated heterocycles. The Balaban J connectivity index is 1.68. The van der Waals surface area contributed by atoms with Crippen LogP contribution < -0.4 is 11.1 Å². The van der Waals surface area contributed by atoms with E-state index in [0.29, 0.717) is 19.5 Å². The summed E-state index contributed by atoms with van der Waals surface area (Å²) in [5.74, 6) is -0.00851. The largest absolute Gasteiger partial charge is 0.354 e. The van der Waals surface area contributed by atoms with E-state index in [1.54, 1.807) is 0 Å². The second-order valence-corrected chi connectivity index (χ2v) is 5.89. The van der Waals surface area contributed by atoms with E-state index >= 15 is 0 Å². The highest BCUT2D eigenvalue weighted by Crippen LogP contribution is 2.27. The number of piperidine rings is 1. The second-order valence-electron chi connectivity index (χ2n) is 5.89. The molecule has 112 valence electrons. The minimum Gasteiger partial charge on any atom is -0.354 e. The Morgan fingerprint density at radius 2 is 2.14 bits per heavy atom. The standard InChI is InChI=1S/C16H21N3O2/c17-13(9-11-5-2-1-3-6-11)16(21)19-8-4-7-12-14(19)10-18-15(12)20/h1-3,5-6,12-14H,4,7-10,17H2,(H,18,20)/t12?,13-,14?/m1/s1. The number of fused-ring (bicyclic) bond motifs is 1. The average Bonchev–Trinajstić information content (AvgIpc) is 2.89. The quantitative estimate of drug-likeness (QED) is 0.839. The van der Waals surface area contributed by atoms with Crippen LogP contribution in [0, 0.1) is 5.92 Å². The van der Waals surface area contributed by atoms with Crippen LogP contribution in [-0.4, -0.2) is 41.9 Å². The van der Waals surface area contributed by atoms with E-state index in [4.69, 9.17) is 5.73 Å². The number of carbonyl (C=O) groups is 2. The van der Waals surface area contributed by atoms with Crippen molar-refractivity contribution < 1.29 is 9.59 Å². The highest BCUT2D eigenvalue weighted by molar-refractivity contribution is 5.86. The van der Waals surface area contributed by atoms with Gasteiger partial charge in [0.1, 0.15) is 0 Å². The third-order valence-electron chi connectivity index (χ3n) is 4.50. The van der Waals surface area contributed by atoms with Gasteiger partial charge >= 0.3 is 0 Å². The molecule has 0 saturated carbocycles. The Hall–Kier alpha value is -1.88. The fraction of sp³-hybridized carbons (Fsp3) is 0.500. The number of likely N-dealkylation sites (tertiary alicyclic amines) is 1. The lowest BCUT2D eigenvalue weighted by atomic mass is 9.90. The van der Waals surface area contributed by atoms with Gasteiger partial charge in [0, 0.05) is 13.1 Å². The van der Waals surface area contributed by atoms with Crippen molar-refractivity contribution in [2.75, 3.05) is 13.1 Å². The Morgan fingerprint density at radius 3 is 2.90 bits per heavy atom. The van der Waals surface area contributed by atoms with E-state index in [0.717, 1.165) is 18.4 Å². The second kappa shape index (κ2) is 5.85. The first-order valence-electron chi connectivity index (χ1n) is 7.54. The van der Waals surface area contributed by atoms with Crippen molar-refractivity contribution in [3.05, 3.63) is 35.9 Å². The Kier molecular flexibility index (Phi) is 3.92. The summed E-state index contributed by atoms with van der Waals surface area (Å²) in [5, 5.41) is 2.86. The number of benzene rings is 1. The average molecular weight is 287 g/mol. The van der Waals surface area contributed by atoms with Crippen LogP contribution in [0.5, 0.6) is 0 Å². The van der Waals surface area contributed by atoms with Crippen molar-refractivity contribution in [3.8, 4) is 0 Å². The number of nitrogens with zero attached hydrogens (tertiary/aromatic N) is 1. The minimum absolute atomic E-state index is 0.0134. The van der Waals surface area contributed by atoms with E-state index in [-0.39, 0.29) is 23.8 Å². The van der Waals surface area contributed by atoms with Crippen LogP contribution in [0.3, 0.4) is 0 Å². The van der Waals surface area contributed by atoms with Crippen LogP contribution in [0.2, 0.25) is 0 Å². The van der Waals surface area contributed by atoms with Gasteiger partial charge in [-0.15, -0.1) is 0 Å². The Morgan fingerprint density at radius 1 is 1.38 bits per heavy atom. The summed E-state index contributed by atoms with van der Waals surface area (Å²) < 4.78 is 0. The molecule has 3 atom stereocenters. The molecular formula is C16H21N3O2. The first-order chi connectivity index (χ1) is 10.2. The summed E-state index contributed by atoms with van der Waals surface area (Å²) in [6.07, 6.45) is 2.28. The third kappa shape index (κ3) is 2.78.